The number of nitrogens with one attached hydrogen (secondary N) is 1. The maximum Gasteiger partial charge on any atom is 0.241 e. The first kappa shape index (κ1) is 21.2. The Hall–Kier alpha value is -2.70. The van der Waals surface area contributed by atoms with Crippen molar-refractivity contribution in [1.29, 1.82) is 0 Å². The third kappa shape index (κ3) is 3.08. The molecule has 1 saturated heterocycles. The zero-order valence-electron chi connectivity index (χ0n) is 18.2. The van der Waals surface area contributed by atoms with E-state index in [1.54, 1.807) is 23.7 Å². The minimum Gasteiger partial charge on any atom is -0.347 e. The molecule has 6 heteroatoms. The molecule has 32 heavy (non-hydrogen) atoms. The quantitative estimate of drug-likeness (QED) is 0.559. The Labute approximate surface area is 196 Å². The highest BCUT2D eigenvalue weighted by Crippen LogP contribution is 2.57. The lowest BCUT2D eigenvalue weighted by Gasteiger charge is -2.33. The van der Waals surface area contributed by atoms with Gasteiger partial charge < -0.3 is 10.2 Å². The minimum atomic E-state index is -1.02. The topological polar surface area (TPSA) is 49.4 Å². The fourth-order valence-electron chi connectivity index (χ4n) is 4.88. The highest BCUT2D eigenvalue weighted by atomic mass is 32.2. The number of thioether (sulfide) groups is 2. The van der Waals surface area contributed by atoms with E-state index in [-0.39, 0.29) is 11.8 Å². The molecule has 4 nitrogen and oxygen atoms in total. The Morgan fingerprint density at radius 1 is 0.906 bits per heavy atom. The highest BCUT2D eigenvalue weighted by Gasteiger charge is 2.66. The van der Waals surface area contributed by atoms with E-state index in [1.807, 2.05) is 73.8 Å². The number of rotatable bonds is 4. The highest BCUT2D eigenvalue weighted by molar-refractivity contribution is 8.00. The van der Waals surface area contributed by atoms with Crippen LogP contribution in [0.2, 0.25) is 0 Å². The summed E-state index contributed by atoms with van der Waals surface area (Å²) in [4.78, 5) is 31.3. The van der Waals surface area contributed by atoms with Crippen molar-refractivity contribution in [2.24, 2.45) is 0 Å². The van der Waals surface area contributed by atoms with Crippen molar-refractivity contribution >= 4 is 41.0 Å². The summed E-state index contributed by atoms with van der Waals surface area (Å²) < 4.78 is 0. The molecule has 162 valence electrons. The molecule has 3 atom stereocenters. The molecule has 1 spiro atoms. The van der Waals surface area contributed by atoms with Crippen LogP contribution in [0.1, 0.15) is 22.7 Å². The molecule has 5 rings (SSSR count). The van der Waals surface area contributed by atoms with E-state index in [0.29, 0.717) is 0 Å². The average molecular weight is 461 g/mol. The number of likely N-dealkylation sites (N-methyl/N-ethyl adjacent to an activating group) is 1. The molecular weight excluding hydrogens is 436 g/mol. The Balaban J connectivity index is 1.69. The summed E-state index contributed by atoms with van der Waals surface area (Å²) in [7, 11) is 1.81. The van der Waals surface area contributed by atoms with Crippen molar-refractivity contribution in [2.45, 2.75) is 33.4 Å². The normalized spacial score (nSPS) is 24.2. The first-order valence-electron chi connectivity index (χ1n) is 10.5. The molecule has 2 aliphatic rings. The molecule has 1 fully saturated rings. The third-order valence-electron chi connectivity index (χ3n) is 6.49. The van der Waals surface area contributed by atoms with Crippen LogP contribution in [0, 0.1) is 6.92 Å². The number of para-hydroxylation sites is 1. The van der Waals surface area contributed by atoms with Crippen LogP contribution < -0.4 is 10.2 Å². The first-order chi connectivity index (χ1) is 15.5. The lowest BCUT2D eigenvalue weighted by atomic mass is 9.72. The van der Waals surface area contributed by atoms with Gasteiger partial charge in [0.2, 0.25) is 11.8 Å². The van der Waals surface area contributed by atoms with E-state index in [4.69, 9.17) is 0 Å². The summed E-state index contributed by atoms with van der Waals surface area (Å²) in [5, 5.41) is 2.62. The number of hydrogen-bond acceptors (Lipinski definition) is 4. The number of hydrogen-bond donors (Lipinski definition) is 1. The van der Waals surface area contributed by atoms with Crippen molar-refractivity contribution in [3.8, 4) is 0 Å². The Morgan fingerprint density at radius 2 is 1.56 bits per heavy atom. The zero-order valence-corrected chi connectivity index (χ0v) is 19.8. The molecular formula is C26H24N2O2S2. The number of aryl methyl sites for hydroxylation is 1. The van der Waals surface area contributed by atoms with Gasteiger partial charge in [0.05, 0.1) is 6.04 Å². The molecule has 0 aliphatic carbocycles. The number of carbonyl (C=O) groups excluding carboxylic acids is 2. The van der Waals surface area contributed by atoms with Gasteiger partial charge in [-0.3, -0.25) is 9.59 Å². The second-order valence-electron chi connectivity index (χ2n) is 8.28. The van der Waals surface area contributed by atoms with E-state index in [0.717, 1.165) is 32.2 Å². The van der Waals surface area contributed by atoms with E-state index < -0.39 is 16.7 Å². The second-order valence-corrected chi connectivity index (χ2v) is 10.3. The summed E-state index contributed by atoms with van der Waals surface area (Å²) in [6, 6.07) is 23.7. The maximum atomic E-state index is 14.0. The van der Waals surface area contributed by atoms with Crippen molar-refractivity contribution in [1.82, 2.24) is 5.32 Å². The number of carbonyl (C=O) groups is 2. The molecule has 2 aliphatic heterocycles. The van der Waals surface area contributed by atoms with Crippen LogP contribution in [0.25, 0.3) is 0 Å². The molecule has 3 aromatic rings. The molecule has 0 saturated carbocycles. The van der Waals surface area contributed by atoms with Crippen LogP contribution in [0.3, 0.4) is 0 Å². The molecule has 2 heterocycles. The number of amides is 2. The number of benzene rings is 3. The van der Waals surface area contributed by atoms with E-state index in [1.165, 1.54) is 11.8 Å². The molecule has 2 amide bonds. The van der Waals surface area contributed by atoms with Crippen LogP contribution in [0.15, 0.2) is 82.6 Å². The molecule has 1 N–H and O–H groups in total. The van der Waals surface area contributed by atoms with Crippen molar-refractivity contribution < 1.29 is 9.59 Å². The fraction of sp³-hybridized carbons (Fsp3) is 0.231. The van der Waals surface area contributed by atoms with Crippen molar-refractivity contribution in [3.05, 3.63) is 89.5 Å². The lowest BCUT2D eigenvalue weighted by Crippen LogP contribution is -2.48. The summed E-state index contributed by atoms with van der Waals surface area (Å²) in [5.41, 5.74) is 2.87. The van der Waals surface area contributed by atoms with Crippen LogP contribution >= 0.6 is 23.5 Å². The SMILES string of the molecule is CSc1ccc(C2NC(=O)C(Sc3ccc(C)cc3)C23C(=O)N(C)c2ccccc23)cc1. The lowest BCUT2D eigenvalue weighted by molar-refractivity contribution is -0.125. The van der Waals surface area contributed by atoms with Crippen LogP contribution in [0.4, 0.5) is 5.69 Å². The summed E-state index contributed by atoms with van der Waals surface area (Å²) in [5.74, 6) is -0.145. The Morgan fingerprint density at radius 3 is 2.25 bits per heavy atom. The van der Waals surface area contributed by atoms with Crippen LogP contribution in [-0.4, -0.2) is 30.4 Å². The first-order valence-corrected chi connectivity index (χ1v) is 12.6. The van der Waals surface area contributed by atoms with Gasteiger partial charge in [0.25, 0.3) is 0 Å². The monoisotopic (exact) mass is 460 g/mol. The van der Waals surface area contributed by atoms with Gasteiger partial charge in [0.15, 0.2) is 0 Å². The summed E-state index contributed by atoms with van der Waals surface area (Å²) in [6.07, 6.45) is 2.04. The Kier molecular flexibility index (Phi) is 5.30. The molecule has 3 unspecified atom stereocenters. The number of nitrogens with zero attached hydrogens (tertiary/aromatic N) is 1. The summed E-state index contributed by atoms with van der Waals surface area (Å²) in [6.45, 7) is 2.04. The third-order valence-corrected chi connectivity index (χ3v) is 8.60. The fourth-order valence-corrected chi connectivity index (χ4v) is 6.58. The van der Waals surface area contributed by atoms with E-state index in [9.17, 15) is 9.59 Å². The molecule has 0 radical (unpaired) electrons. The largest absolute Gasteiger partial charge is 0.347 e. The zero-order chi connectivity index (χ0) is 22.5. The van der Waals surface area contributed by atoms with Gasteiger partial charge in [0.1, 0.15) is 10.7 Å². The number of fused-ring (bicyclic) bond motifs is 2. The van der Waals surface area contributed by atoms with Crippen LogP contribution in [0.5, 0.6) is 0 Å². The van der Waals surface area contributed by atoms with Crippen molar-refractivity contribution in [2.75, 3.05) is 18.2 Å². The smallest absolute Gasteiger partial charge is 0.241 e. The standard InChI is InChI=1S/C26H24N2O2S2/c1-16-8-12-19(13-9-16)32-23-24(29)27-22(17-10-14-18(31-3)15-11-17)26(23)20-6-4-5-7-21(20)28(2)25(26)30/h4-15,22-23H,1-3H3,(H,27,29). The molecule has 0 aromatic heterocycles. The van der Waals surface area contributed by atoms with Gasteiger partial charge in [-0.2, -0.15) is 0 Å². The van der Waals surface area contributed by atoms with Crippen molar-refractivity contribution in [3.63, 3.8) is 0 Å². The van der Waals surface area contributed by atoms with E-state index >= 15 is 0 Å². The van der Waals surface area contributed by atoms with Gasteiger partial charge >= 0.3 is 0 Å². The van der Waals surface area contributed by atoms with Gasteiger partial charge in [-0.1, -0.05) is 48.0 Å². The van der Waals surface area contributed by atoms with Crippen LogP contribution in [-0.2, 0) is 15.0 Å². The summed E-state index contributed by atoms with van der Waals surface area (Å²) >= 11 is 3.15. The van der Waals surface area contributed by atoms with Gasteiger partial charge in [-0.25, -0.2) is 0 Å². The van der Waals surface area contributed by atoms with Gasteiger partial charge in [-0.05, 0) is 54.6 Å². The average Bonchev–Trinajstić information content (AvgIpc) is 3.23. The number of anilines is 1. The second kappa shape index (κ2) is 8.01. The molecule has 0 bridgehead atoms. The predicted molar refractivity (Wildman–Crippen MR) is 131 cm³/mol. The van der Waals surface area contributed by atoms with Gasteiger partial charge in [0, 0.05) is 22.5 Å². The minimum absolute atomic E-state index is 0.0411. The Bertz CT molecular complexity index is 1190. The predicted octanol–water partition coefficient (Wildman–Crippen LogP) is 4.96. The van der Waals surface area contributed by atoms with Gasteiger partial charge in [-0.15, -0.1) is 23.5 Å². The maximum absolute atomic E-state index is 14.0. The molecule has 3 aromatic carbocycles. The van der Waals surface area contributed by atoms with E-state index in [2.05, 4.69) is 17.4 Å².